The number of nitrogens with one attached hydrogen (secondary N) is 2. The summed E-state index contributed by atoms with van der Waals surface area (Å²) in [5.74, 6) is -0.335. The first-order valence-corrected chi connectivity index (χ1v) is 9.62. The van der Waals surface area contributed by atoms with E-state index in [1.165, 1.54) is 11.8 Å². The zero-order valence-corrected chi connectivity index (χ0v) is 13.6. The third-order valence-electron chi connectivity index (χ3n) is 4.97. The van der Waals surface area contributed by atoms with Gasteiger partial charge < -0.3 is 10.6 Å². The number of amides is 1. The van der Waals surface area contributed by atoms with Crippen LogP contribution in [0.2, 0.25) is 0 Å². The van der Waals surface area contributed by atoms with Gasteiger partial charge in [-0.1, -0.05) is 24.3 Å². The highest BCUT2D eigenvalue weighted by molar-refractivity contribution is 7.92. The molecule has 5 nitrogen and oxygen atoms in total. The summed E-state index contributed by atoms with van der Waals surface area (Å²) in [4.78, 5) is 12.8. The number of hydrogen-bond donors (Lipinski definition) is 2. The maximum atomic E-state index is 12.8. The van der Waals surface area contributed by atoms with Crippen LogP contribution in [-0.4, -0.2) is 38.4 Å². The van der Waals surface area contributed by atoms with Crippen LogP contribution in [0.4, 0.5) is 0 Å². The van der Waals surface area contributed by atoms with Crippen molar-refractivity contribution in [3.05, 3.63) is 35.4 Å². The first-order valence-electron chi connectivity index (χ1n) is 7.73. The van der Waals surface area contributed by atoms with Crippen LogP contribution in [0.1, 0.15) is 36.4 Å². The van der Waals surface area contributed by atoms with E-state index in [0.29, 0.717) is 25.9 Å². The number of benzene rings is 1. The van der Waals surface area contributed by atoms with Crippen molar-refractivity contribution in [2.24, 2.45) is 0 Å². The largest absolute Gasteiger partial charge is 0.348 e. The molecular formula is C16H22N2O3S. The molecule has 0 aromatic heterocycles. The monoisotopic (exact) mass is 322 g/mol. The molecule has 1 saturated heterocycles. The second kappa shape index (κ2) is 5.66. The van der Waals surface area contributed by atoms with Gasteiger partial charge in [-0.15, -0.1) is 0 Å². The number of sulfone groups is 1. The SMILES string of the molecule is CS(=O)(=O)C1(C(=O)NC2CCc3ccccc32)CCNCC1. The quantitative estimate of drug-likeness (QED) is 0.869. The van der Waals surface area contributed by atoms with E-state index < -0.39 is 14.6 Å². The van der Waals surface area contributed by atoms with Crippen molar-refractivity contribution >= 4 is 15.7 Å². The lowest BCUT2D eigenvalue weighted by Gasteiger charge is -2.35. The molecule has 1 atom stereocenters. The van der Waals surface area contributed by atoms with Gasteiger partial charge in [0.15, 0.2) is 14.6 Å². The van der Waals surface area contributed by atoms with Crippen molar-refractivity contribution in [3.63, 3.8) is 0 Å². The highest BCUT2D eigenvalue weighted by Crippen LogP contribution is 2.33. The first kappa shape index (κ1) is 15.5. The van der Waals surface area contributed by atoms with E-state index in [0.717, 1.165) is 18.4 Å². The summed E-state index contributed by atoms with van der Waals surface area (Å²) in [6.07, 6.45) is 3.62. The molecule has 0 bridgehead atoms. The van der Waals surface area contributed by atoms with Gasteiger partial charge >= 0.3 is 0 Å². The second-order valence-electron chi connectivity index (χ2n) is 6.28. The zero-order chi connectivity index (χ0) is 15.8. The number of fused-ring (bicyclic) bond motifs is 1. The summed E-state index contributed by atoms with van der Waals surface area (Å²) in [5, 5.41) is 6.14. The molecule has 1 aromatic rings. The van der Waals surface area contributed by atoms with Gasteiger partial charge in [0.1, 0.15) is 0 Å². The molecule has 6 heteroatoms. The molecule has 1 heterocycles. The Hall–Kier alpha value is -1.40. The fourth-order valence-electron chi connectivity index (χ4n) is 3.59. The zero-order valence-electron chi connectivity index (χ0n) is 12.8. The Kier molecular flexibility index (Phi) is 3.99. The van der Waals surface area contributed by atoms with Crippen molar-refractivity contribution < 1.29 is 13.2 Å². The van der Waals surface area contributed by atoms with Crippen LogP contribution in [0, 0.1) is 0 Å². The Labute approximate surface area is 131 Å². The van der Waals surface area contributed by atoms with Gasteiger partial charge in [-0.25, -0.2) is 8.42 Å². The normalized spacial score (nSPS) is 23.8. The Morgan fingerprint density at radius 2 is 1.95 bits per heavy atom. The third kappa shape index (κ3) is 2.54. The molecule has 1 amide bonds. The van der Waals surface area contributed by atoms with E-state index >= 15 is 0 Å². The highest BCUT2D eigenvalue weighted by Gasteiger charge is 2.49. The minimum atomic E-state index is -3.46. The number of carbonyl (C=O) groups excluding carboxylic acids is 1. The first-order chi connectivity index (χ1) is 10.4. The molecule has 1 aromatic carbocycles. The van der Waals surface area contributed by atoms with E-state index in [1.54, 1.807) is 0 Å². The minimum absolute atomic E-state index is 0.0720. The summed E-state index contributed by atoms with van der Waals surface area (Å²) in [5.41, 5.74) is 2.36. The summed E-state index contributed by atoms with van der Waals surface area (Å²) >= 11 is 0. The molecule has 1 unspecified atom stereocenters. The molecule has 0 spiro atoms. The number of hydrogen-bond acceptors (Lipinski definition) is 4. The van der Waals surface area contributed by atoms with Crippen LogP contribution in [0.5, 0.6) is 0 Å². The van der Waals surface area contributed by atoms with Crippen molar-refractivity contribution in [2.75, 3.05) is 19.3 Å². The molecule has 2 N–H and O–H groups in total. The molecule has 0 saturated carbocycles. The van der Waals surface area contributed by atoms with Gasteiger partial charge in [0.25, 0.3) is 0 Å². The highest BCUT2D eigenvalue weighted by atomic mass is 32.2. The lowest BCUT2D eigenvalue weighted by atomic mass is 9.95. The van der Waals surface area contributed by atoms with E-state index in [-0.39, 0.29) is 11.9 Å². The maximum Gasteiger partial charge on any atom is 0.242 e. The molecule has 22 heavy (non-hydrogen) atoms. The minimum Gasteiger partial charge on any atom is -0.348 e. The van der Waals surface area contributed by atoms with Gasteiger partial charge in [0.2, 0.25) is 5.91 Å². The standard InChI is InChI=1S/C16H22N2O3S/c1-22(20,21)16(8-10-17-11-9-16)15(19)18-14-7-6-12-4-2-3-5-13(12)14/h2-5,14,17H,6-11H2,1H3,(H,18,19). The second-order valence-corrected chi connectivity index (χ2v) is 8.61. The van der Waals surface area contributed by atoms with Crippen LogP contribution >= 0.6 is 0 Å². The molecular weight excluding hydrogens is 300 g/mol. The average molecular weight is 322 g/mol. The molecule has 1 aliphatic heterocycles. The van der Waals surface area contributed by atoms with Crippen molar-refractivity contribution in [1.82, 2.24) is 10.6 Å². The molecule has 1 fully saturated rings. The van der Waals surface area contributed by atoms with Gasteiger partial charge in [-0.2, -0.15) is 0 Å². The van der Waals surface area contributed by atoms with Crippen LogP contribution in [0.3, 0.4) is 0 Å². The maximum absolute atomic E-state index is 12.8. The van der Waals surface area contributed by atoms with E-state index in [1.807, 2.05) is 18.2 Å². The van der Waals surface area contributed by atoms with Gasteiger partial charge in [0.05, 0.1) is 6.04 Å². The Balaban J connectivity index is 1.84. The van der Waals surface area contributed by atoms with E-state index in [2.05, 4.69) is 16.7 Å². The van der Waals surface area contributed by atoms with Crippen LogP contribution in [-0.2, 0) is 21.1 Å². The molecule has 2 aliphatic rings. The van der Waals surface area contributed by atoms with Crippen molar-refractivity contribution in [2.45, 2.75) is 36.5 Å². The Bertz CT molecular complexity index is 678. The lowest BCUT2D eigenvalue weighted by molar-refractivity contribution is -0.125. The van der Waals surface area contributed by atoms with Crippen molar-refractivity contribution in [1.29, 1.82) is 0 Å². The number of rotatable bonds is 3. The summed E-state index contributed by atoms with van der Waals surface area (Å²) in [6.45, 7) is 1.11. The van der Waals surface area contributed by atoms with Crippen LogP contribution in [0.15, 0.2) is 24.3 Å². The Morgan fingerprint density at radius 3 is 2.64 bits per heavy atom. The Morgan fingerprint density at radius 1 is 1.27 bits per heavy atom. The van der Waals surface area contributed by atoms with Crippen molar-refractivity contribution in [3.8, 4) is 0 Å². The van der Waals surface area contributed by atoms with Gasteiger partial charge in [-0.05, 0) is 49.9 Å². The fraction of sp³-hybridized carbons (Fsp3) is 0.562. The number of aryl methyl sites for hydroxylation is 1. The molecule has 3 rings (SSSR count). The molecule has 0 radical (unpaired) electrons. The van der Waals surface area contributed by atoms with Gasteiger partial charge in [0, 0.05) is 6.26 Å². The summed E-state index contributed by atoms with van der Waals surface area (Å²) in [6, 6.07) is 7.96. The number of piperidine rings is 1. The van der Waals surface area contributed by atoms with E-state index in [9.17, 15) is 13.2 Å². The lowest BCUT2D eigenvalue weighted by Crippen LogP contribution is -2.57. The van der Waals surface area contributed by atoms with Crippen LogP contribution < -0.4 is 10.6 Å². The van der Waals surface area contributed by atoms with Gasteiger partial charge in [-0.3, -0.25) is 4.79 Å². The predicted octanol–water partition coefficient (Wildman–Crippen LogP) is 0.957. The van der Waals surface area contributed by atoms with Crippen LogP contribution in [0.25, 0.3) is 0 Å². The predicted molar refractivity (Wildman–Crippen MR) is 85.3 cm³/mol. The third-order valence-corrected chi connectivity index (χ3v) is 6.99. The summed E-state index contributed by atoms with van der Waals surface area (Å²) in [7, 11) is -3.46. The molecule has 1 aliphatic carbocycles. The summed E-state index contributed by atoms with van der Waals surface area (Å²) < 4.78 is 23.3. The van der Waals surface area contributed by atoms with E-state index in [4.69, 9.17) is 0 Å². The number of carbonyl (C=O) groups is 1. The fourth-order valence-corrected chi connectivity index (χ4v) is 4.94. The average Bonchev–Trinajstić information content (AvgIpc) is 2.90. The smallest absolute Gasteiger partial charge is 0.242 e. The molecule has 120 valence electrons. The topological polar surface area (TPSA) is 75.3 Å².